The summed E-state index contributed by atoms with van der Waals surface area (Å²) < 4.78 is 6.12. The predicted octanol–water partition coefficient (Wildman–Crippen LogP) is 4.23. The molecule has 0 bridgehead atoms. The molecular weight excluding hydrogens is 282 g/mol. The number of thiophene rings is 1. The standard InChI is InChI=1S/C17H15NO2S/c1-20-17(19)16(18-12-7-3-2-4-8-12)14-11-21-15-10-6-5-9-13(14)15/h2-11,16,18H,1H3. The van der Waals surface area contributed by atoms with Crippen LogP contribution >= 0.6 is 11.3 Å². The molecule has 0 amide bonds. The molecule has 1 atom stereocenters. The van der Waals surface area contributed by atoms with Gasteiger partial charge < -0.3 is 10.1 Å². The molecule has 0 saturated carbocycles. The lowest BCUT2D eigenvalue weighted by molar-refractivity contribution is -0.141. The zero-order chi connectivity index (χ0) is 14.7. The number of methoxy groups -OCH3 is 1. The van der Waals surface area contributed by atoms with E-state index in [4.69, 9.17) is 4.74 Å². The molecule has 0 saturated heterocycles. The van der Waals surface area contributed by atoms with Crippen molar-refractivity contribution >= 4 is 33.1 Å². The van der Waals surface area contributed by atoms with Gasteiger partial charge in [-0.05, 0) is 29.0 Å². The number of para-hydroxylation sites is 1. The van der Waals surface area contributed by atoms with Crippen LogP contribution in [0.5, 0.6) is 0 Å². The monoisotopic (exact) mass is 297 g/mol. The van der Waals surface area contributed by atoms with Gasteiger partial charge in [-0.1, -0.05) is 36.4 Å². The minimum Gasteiger partial charge on any atom is -0.467 e. The third kappa shape index (κ3) is 2.76. The summed E-state index contributed by atoms with van der Waals surface area (Å²) in [4.78, 5) is 12.2. The molecule has 1 heterocycles. The lowest BCUT2D eigenvalue weighted by atomic mass is 10.1. The Hall–Kier alpha value is -2.33. The van der Waals surface area contributed by atoms with Crippen LogP contribution in [0.25, 0.3) is 10.1 Å². The summed E-state index contributed by atoms with van der Waals surface area (Å²) in [6.07, 6.45) is 0. The maximum Gasteiger partial charge on any atom is 0.333 e. The summed E-state index contributed by atoms with van der Waals surface area (Å²) in [5.74, 6) is -0.289. The number of nitrogens with one attached hydrogen (secondary N) is 1. The van der Waals surface area contributed by atoms with Crippen LogP contribution in [0, 0.1) is 0 Å². The Bertz CT molecular complexity index is 752. The third-order valence-corrected chi connectivity index (χ3v) is 4.33. The van der Waals surface area contributed by atoms with Crippen molar-refractivity contribution in [2.75, 3.05) is 12.4 Å². The van der Waals surface area contributed by atoms with Crippen molar-refractivity contribution in [3.05, 3.63) is 65.5 Å². The van der Waals surface area contributed by atoms with E-state index >= 15 is 0 Å². The second kappa shape index (κ2) is 5.97. The Kier molecular flexibility index (Phi) is 3.88. The van der Waals surface area contributed by atoms with E-state index in [9.17, 15) is 4.79 Å². The molecule has 0 spiro atoms. The maximum atomic E-state index is 12.2. The molecule has 1 unspecified atom stereocenters. The number of carbonyl (C=O) groups is 1. The van der Waals surface area contributed by atoms with Crippen molar-refractivity contribution in [2.24, 2.45) is 0 Å². The molecule has 1 N–H and O–H groups in total. The number of ether oxygens (including phenoxy) is 1. The second-order valence-electron chi connectivity index (χ2n) is 4.65. The van der Waals surface area contributed by atoms with Crippen LogP contribution < -0.4 is 5.32 Å². The van der Waals surface area contributed by atoms with Crippen molar-refractivity contribution in [2.45, 2.75) is 6.04 Å². The van der Waals surface area contributed by atoms with Crippen LogP contribution in [0.3, 0.4) is 0 Å². The van der Waals surface area contributed by atoms with Crippen LogP contribution in [0.4, 0.5) is 5.69 Å². The van der Waals surface area contributed by atoms with Crippen LogP contribution in [-0.2, 0) is 9.53 Å². The van der Waals surface area contributed by atoms with E-state index in [0.29, 0.717) is 0 Å². The zero-order valence-electron chi connectivity index (χ0n) is 11.6. The van der Waals surface area contributed by atoms with Gasteiger partial charge in [0.25, 0.3) is 0 Å². The van der Waals surface area contributed by atoms with Gasteiger partial charge >= 0.3 is 5.97 Å². The molecule has 3 nitrogen and oxygen atoms in total. The number of hydrogen-bond donors (Lipinski definition) is 1. The highest BCUT2D eigenvalue weighted by Gasteiger charge is 2.24. The molecule has 0 aliphatic heterocycles. The van der Waals surface area contributed by atoms with Gasteiger partial charge in [0.2, 0.25) is 0 Å². The minimum atomic E-state index is -0.506. The Morgan fingerprint density at radius 1 is 1.10 bits per heavy atom. The zero-order valence-corrected chi connectivity index (χ0v) is 12.4. The fourth-order valence-electron chi connectivity index (χ4n) is 2.30. The Morgan fingerprint density at radius 3 is 2.57 bits per heavy atom. The molecular formula is C17H15NO2S. The summed E-state index contributed by atoms with van der Waals surface area (Å²) in [5.41, 5.74) is 1.84. The number of esters is 1. The molecule has 0 aliphatic rings. The molecule has 0 fully saturated rings. The summed E-state index contributed by atoms with van der Waals surface area (Å²) in [5, 5.41) is 6.36. The molecule has 0 aliphatic carbocycles. The number of fused-ring (bicyclic) bond motifs is 1. The van der Waals surface area contributed by atoms with Crippen LogP contribution in [-0.4, -0.2) is 13.1 Å². The first-order valence-corrected chi connectivity index (χ1v) is 7.53. The van der Waals surface area contributed by atoms with Crippen molar-refractivity contribution in [1.29, 1.82) is 0 Å². The molecule has 106 valence electrons. The number of hydrogen-bond acceptors (Lipinski definition) is 4. The molecule has 3 aromatic rings. The average molecular weight is 297 g/mol. The van der Waals surface area contributed by atoms with Gasteiger partial charge in [0, 0.05) is 16.0 Å². The number of anilines is 1. The summed E-state index contributed by atoms with van der Waals surface area (Å²) in [6, 6.07) is 17.2. The van der Waals surface area contributed by atoms with Gasteiger partial charge in [-0.3, -0.25) is 0 Å². The van der Waals surface area contributed by atoms with Gasteiger partial charge in [-0.25, -0.2) is 4.79 Å². The minimum absolute atomic E-state index is 0.289. The van der Waals surface area contributed by atoms with E-state index in [1.165, 1.54) is 7.11 Å². The Labute approximate surface area is 127 Å². The van der Waals surface area contributed by atoms with Crippen LogP contribution in [0.2, 0.25) is 0 Å². The molecule has 4 heteroatoms. The van der Waals surface area contributed by atoms with E-state index in [1.807, 2.05) is 53.9 Å². The van der Waals surface area contributed by atoms with E-state index in [0.717, 1.165) is 21.3 Å². The van der Waals surface area contributed by atoms with E-state index in [-0.39, 0.29) is 5.97 Å². The smallest absolute Gasteiger partial charge is 0.333 e. The highest BCUT2D eigenvalue weighted by Crippen LogP contribution is 2.32. The average Bonchev–Trinajstić information content (AvgIpc) is 2.97. The van der Waals surface area contributed by atoms with Gasteiger partial charge in [-0.2, -0.15) is 0 Å². The molecule has 1 aromatic heterocycles. The first-order valence-electron chi connectivity index (χ1n) is 6.65. The van der Waals surface area contributed by atoms with Crippen molar-refractivity contribution in [1.82, 2.24) is 0 Å². The molecule has 21 heavy (non-hydrogen) atoms. The molecule has 0 radical (unpaired) electrons. The van der Waals surface area contributed by atoms with Gasteiger partial charge in [-0.15, -0.1) is 11.3 Å². The summed E-state index contributed by atoms with van der Waals surface area (Å²) in [6.45, 7) is 0. The SMILES string of the molecule is COC(=O)C(Nc1ccccc1)c1csc2ccccc12. The van der Waals surface area contributed by atoms with E-state index in [2.05, 4.69) is 11.4 Å². The highest BCUT2D eigenvalue weighted by molar-refractivity contribution is 7.17. The number of benzene rings is 2. The quantitative estimate of drug-likeness (QED) is 0.732. The number of rotatable bonds is 4. The van der Waals surface area contributed by atoms with Crippen molar-refractivity contribution in [3.8, 4) is 0 Å². The van der Waals surface area contributed by atoms with Gasteiger partial charge in [0.1, 0.15) is 0 Å². The lowest BCUT2D eigenvalue weighted by Crippen LogP contribution is -2.22. The third-order valence-electron chi connectivity index (χ3n) is 3.34. The predicted molar refractivity (Wildman–Crippen MR) is 86.6 cm³/mol. The second-order valence-corrected chi connectivity index (χ2v) is 5.56. The largest absolute Gasteiger partial charge is 0.467 e. The van der Waals surface area contributed by atoms with Crippen molar-refractivity contribution < 1.29 is 9.53 Å². The topological polar surface area (TPSA) is 38.3 Å². The van der Waals surface area contributed by atoms with Gasteiger partial charge in [0.05, 0.1) is 7.11 Å². The summed E-state index contributed by atoms with van der Waals surface area (Å²) in [7, 11) is 1.41. The van der Waals surface area contributed by atoms with E-state index in [1.54, 1.807) is 11.3 Å². The Balaban J connectivity index is 2.01. The van der Waals surface area contributed by atoms with E-state index < -0.39 is 6.04 Å². The first kappa shape index (κ1) is 13.6. The maximum absolute atomic E-state index is 12.2. The van der Waals surface area contributed by atoms with Gasteiger partial charge in [0.15, 0.2) is 6.04 Å². The fraction of sp³-hybridized carbons (Fsp3) is 0.118. The van der Waals surface area contributed by atoms with Crippen LogP contribution in [0.1, 0.15) is 11.6 Å². The van der Waals surface area contributed by atoms with Crippen molar-refractivity contribution in [3.63, 3.8) is 0 Å². The number of carbonyl (C=O) groups excluding carboxylic acids is 1. The molecule has 2 aromatic carbocycles. The lowest BCUT2D eigenvalue weighted by Gasteiger charge is -2.17. The summed E-state index contributed by atoms with van der Waals surface area (Å²) >= 11 is 1.63. The highest BCUT2D eigenvalue weighted by atomic mass is 32.1. The Morgan fingerprint density at radius 2 is 1.81 bits per heavy atom. The normalized spacial score (nSPS) is 12.0. The first-order chi connectivity index (χ1) is 10.3. The fourth-order valence-corrected chi connectivity index (χ4v) is 3.29. The van der Waals surface area contributed by atoms with Crippen LogP contribution in [0.15, 0.2) is 60.0 Å². The molecule has 3 rings (SSSR count).